The van der Waals surface area contributed by atoms with Crippen molar-refractivity contribution in [3.05, 3.63) is 0 Å². The molecule has 1 saturated heterocycles. The number of hydrogen-bond acceptors (Lipinski definition) is 3. The van der Waals surface area contributed by atoms with Gasteiger partial charge in [-0.1, -0.05) is 20.8 Å². The Hall–Kier alpha value is -0.120. The molecule has 0 aromatic heterocycles. The van der Waals surface area contributed by atoms with Gasteiger partial charge in [-0.2, -0.15) is 0 Å². The van der Waals surface area contributed by atoms with Crippen molar-refractivity contribution in [3.63, 3.8) is 0 Å². The maximum absolute atomic E-state index is 10.1. The van der Waals surface area contributed by atoms with Crippen LogP contribution in [-0.2, 0) is 4.74 Å². The van der Waals surface area contributed by atoms with E-state index >= 15 is 0 Å². The van der Waals surface area contributed by atoms with Gasteiger partial charge in [0.05, 0.1) is 11.7 Å². The molecule has 1 aliphatic heterocycles. The first-order chi connectivity index (χ1) is 7.88. The predicted octanol–water partition coefficient (Wildman–Crippen LogP) is 1.94. The normalized spacial score (nSPS) is 39.0. The number of hydrogen-bond donors (Lipinski definition) is 2. The zero-order valence-corrected chi connectivity index (χ0v) is 11.6. The first-order valence-electron chi connectivity index (χ1n) is 6.96. The van der Waals surface area contributed by atoms with Crippen LogP contribution in [0.4, 0.5) is 0 Å². The minimum Gasteiger partial charge on any atom is -0.389 e. The predicted molar refractivity (Wildman–Crippen MR) is 69.0 cm³/mol. The first-order valence-corrected chi connectivity index (χ1v) is 6.96. The van der Waals surface area contributed by atoms with Gasteiger partial charge in [0.1, 0.15) is 0 Å². The molecule has 3 heteroatoms. The third-order valence-electron chi connectivity index (χ3n) is 4.80. The van der Waals surface area contributed by atoms with Gasteiger partial charge >= 0.3 is 0 Å². The molecule has 4 unspecified atom stereocenters. The van der Waals surface area contributed by atoms with Crippen LogP contribution in [0, 0.1) is 11.3 Å². The maximum Gasteiger partial charge on any atom is 0.0741 e. The summed E-state index contributed by atoms with van der Waals surface area (Å²) >= 11 is 0. The Labute approximate surface area is 105 Å². The second-order valence-corrected chi connectivity index (χ2v) is 6.63. The molecule has 1 saturated carbocycles. The van der Waals surface area contributed by atoms with Crippen LogP contribution in [0.3, 0.4) is 0 Å². The minimum absolute atomic E-state index is 0.203. The summed E-state index contributed by atoms with van der Waals surface area (Å²) in [7, 11) is 0. The minimum atomic E-state index is -0.587. The molecule has 0 aromatic carbocycles. The molecule has 1 aliphatic carbocycles. The average molecular weight is 241 g/mol. The van der Waals surface area contributed by atoms with Gasteiger partial charge in [-0.05, 0) is 26.2 Å². The average Bonchev–Trinajstić information content (AvgIpc) is 2.29. The summed E-state index contributed by atoms with van der Waals surface area (Å²) in [6, 6.07) is 0.492. The Bertz CT molecular complexity index is 275. The van der Waals surface area contributed by atoms with Crippen LogP contribution in [0.25, 0.3) is 0 Å². The second-order valence-electron chi connectivity index (χ2n) is 6.63. The van der Waals surface area contributed by atoms with E-state index in [4.69, 9.17) is 4.74 Å². The van der Waals surface area contributed by atoms with Gasteiger partial charge in [-0.15, -0.1) is 0 Å². The highest BCUT2D eigenvalue weighted by molar-refractivity contribution is 5.10. The molecule has 0 bridgehead atoms. The Kier molecular flexibility index (Phi) is 3.54. The molecule has 4 atom stereocenters. The Morgan fingerprint density at radius 1 is 1.47 bits per heavy atom. The lowest BCUT2D eigenvalue weighted by molar-refractivity contribution is -0.194. The molecule has 3 nitrogen and oxygen atoms in total. The van der Waals surface area contributed by atoms with Crippen LogP contribution in [0.2, 0.25) is 0 Å². The molecule has 17 heavy (non-hydrogen) atoms. The number of aliphatic hydroxyl groups is 1. The van der Waals surface area contributed by atoms with E-state index in [0.29, 0.717) is 24.6 Å². The summed E-state index contributed by atoms with van der Waals surface area (Å²) in [5.41, 5.74) is -0.383. The van der Waals surface area contributed by atoms with Crippen molar-refractivity contribution in [3.8, 4) is 0 Å². The van der Waals surface area contributed by atoms with Gasteiger partial charge in [0.25, 0.3) is 0 Å². The van der Waals surface area contributed by atoms with Crippen molar-refractivity contribution >= 4 is 0 Å². The number of fused-ring (bicyclic) bond motifs is 1. The van der Waals surface area contributed by atoms with Crippen LogP contribution in [0.15, 0.2) is 0 Å². The zero-order chi connectivity index (χ0) is 12.7. The summed E-state index contributed by atoms with van der Waals surface area (Å²) in [6.07, 6.45) is 3.65. The molecule has 1 heterocycles. The zero-order valence-electron chi connectivity index (χ0n) is 11.6. The Morgan fingerprint density at radius 3 is 2.82 bits per heavy atom. The quantitative estimate of drug-likeness (QED) is 0.790. The lowest BCUT2D eigenvalue weighted by Crippen LogP contribution is -2.70. The van der Waals surface area contributed by atoms with Crippen molar-refractivity contribution in [2.75, 3.05) is 13.2 Å². The van der Waals surface area contributed by atoms with E-state index in [-0.39, 0.29) is 5.41 Å². The van der Waals surface area contributed by atoms with Gasteiger partial charge in [0, 0.05) is 30.5 Å². The van der Waals surface area contributed by atoms with Crippen LogP contribution in [-0.4, -0.2) is 36.0 Å². The van der Waals surface area contributed by atoms with E-state index in [2.05, 4.69) is 19.2 Å². The summed E-state index contributed by atoms with van der Waals surface area (Å²) in [5.74, 6) is 0.645. The van der Waals surface area contributed by atoms with Crippen molar-refractivity contribution in [2.45, 2.75) is 64.7 Å². The van der Waals surface area contributed by atoms with Gasteiger partial charge in [-0.25, -0.2) is 0 Å². The molecule has 0 amide bonds. The lowest BCUT2D eigenvalue weighted by atomic mass is 9.55. The van der Waals surface area contributed by atoms with Crippen molar-refractivity contribution in [1.82, 2.24) is 5.32 Å². The SMILES string of the molecule is CCC(C)(O)CNC1C2CCCOC2C1(C)C. The molecule has 100 valence electrons. The second kappa shape index (κ2) is 4.52. The Morgan fingerprint density at radius 2 is 2.18 bits per heavy atom. The van der Waals surface area contributed by atoms with Gasteiger partial charge in [0.2, 0.25) is 0 Å². The third-order valence-corrected chi connectivity index (χ3v) is 4.80. The molecule has 0 radical (unpaired) electrons. The summed E-state index contributed by atoms with van der Waals surface area (Å²) in [6.45, 7) is 10.1. The highest BCUT2D eigenvalue weighted by Gasteiger charge is 2.57. The highest BCUT2D eigenvalue weighted by Crippen LogP contribution is 2.51. The molecule has 2 fully saturated rings. The maximum atomic E-state index is 10.1. The van der Waals surface area contributed by atoms with Crippen LogP contribution in [0.5, 0.6) is 0 Å². The van der Waals surface area contributed by atoms with Crippen LogP contribution < -0.4 is 5.32 Å². The molecular formula is C14H27NO2. The Balaban J connectivity index is 1.92. The monoisotopic (exact) mass is 241 g/mol. The van der Waals surface area contributed by atoms with E-state index in [0.717, 1.165) is 13.0 Å². The summed E-state index contributed by atoms with van der Waals surface area (Å²) < 4.78 is 5.88. The van der Waals surface area contributed by atoms with E-state index in [1.807, 2.05) is 13.8 Å². The third kappa shape index (κ3) is 2.38. The van der Waals surface area contributed by atoms with Gasteiger partial charge in [-0.3, -0.25) is 0 Å². The largest absolute Gasteiger partial charge is 0.389 e. The highest BCUT2D eigenvalue weighted by atomic mass is 16.5. The fourth-order valence-corrected chi connectivity index (χ4v) is 3.39. The van der Waals surface area contributed by atoms with Gasteiger partial charge in [0.15, 0.2) is 0 Å². The fourth-order valence-electron chi connectivity index (χ4n) is 3.39. The summed E-state index contributed by atoms with van der Waals surface area (Å²) in [4.78, 5) is 0. The summed E-state index contributed by atoms with van der Waals surface area (Å²) in [5, 5.41) is 13.6. The van der Waals surface area contributed by atoms with E-state index in [1.165, 1.54) is 12.8 Å². The lowest BCUT2D eigenvalue weighted by Gasteiger charge is -2.60. The van der Waals surface area contributed by atoms with Crippen LogP contribution in [0.1, 0.15) is 47.0 Å². The first kappa shape index (κ1) is 13.3. The molecule has 2 N–H and O–H groups in total. The van der Waals surface area contributed by atoms with E-state index in [1.54, 1.807) is 0 Å². The number of nitrogens with one attached hydrogen (secondary N) is 1. The molecule has 2 rings (SSSR count). The topological polar surface area (TPSA) is 41.5 Å². The van der Waals surface area contributed by atoms with E-state index in [9.17, 15) is 5.11 Å². The standard InChI is InChI=1S/C14H27NO2/c1-5-14(4,16)9-15-11-10-7-6-8-17-12(10)13(11,2)3/h10-12,15-16H,5-9H2,1-4H3. The van der Waals surface area contributed by atoms with Crippen LogP contribution >= 0.6 is 0 Å². The van der Waals surface area contributed by atoms with Gasteiger partial charge < -0.3 is 15.2 Å². The molecule has 0 aromatic rings. The number of ether oxygens (including phenoxy) is 1. The van der Waals surface area contributed by atoms with Crippen molar-refractivity contribution in [1.29, 1.82) is 0 Å². The molecular weight excluding hydrogens is 214 g/mol. The molecule has 0 spiro atoms. The van der Waals surface area contributed by atoms with Crippen molar-refractivity contribution in [2.24, 2.45) is 11.3 Å². The molecule has 2 aliphatic rings. The fraction of sp³-hybridized carbons (Fsp3) is 1.00. The smallest absolute Gasteiger partial charge is 0.0741 e. The van der Waals surface area contributed by atoms with E-state index < -0.39 is 5.60 Å². The van der Waals surface area contributed by atoms with Crippen molar-refractivity contribution < 1.29 is 9.84 Å². The number of rotatable bonds is 4.